The average Bonchev–Trinajstić information content (AvgIpc) is 3.02. The molecular weight excluding hydrogens is 322 g/mol. The van der Waals surface area contributed by atoms with E-state index in [0.717, 1.165) is 44.9 Å². The van der Waals surface area contributed by atoms with E-state index in [9.17, 15) is 9.90 Å². The molecule has 0 aliphatic heterocycles. The number of rotatable bonds is 5. The van der Waals surface area contributed by atoms with Gasteiger partial charge in [-0.1, -0.05) is 42.5 Å². The second-order valence-electron chi connectivity index (χ2n) is 7.75. The number of amides is 1. The highest BCUT2D eigenvalue weighted by atomic mass is 16.3. The van der Waals surface area contributed by atoms with Crippen molar-refractivity contribution in [1.82, 2.24) is 5.32 Å². The summed E-state index contributed by atoms with van der Waals surface area (Å²) in [6.07, 6.45) is 6.66. The zero-order valence-electron chi connectivity index (χ0n) is 15.2. The first-order valence-corrected chi connectivity index (χ1v) is 9.86. The third-order valence-corrected chi connectivity index (χ3v) is 5.79. The van der Waals surface area contributed by atoms with Crippen LogP contribution in [0.25, 0.3) is 11.1 Å². The number of aliphatic hydroxyl groups is 1. The summed E-state index contributed by atoms with van der Waals surface area (Å²) in [6.45, 7) is 0. The molecule has 4 rings (SSSR count). The van der Waals surface area contributed by atoms with E-state index in [1.807, 2.05) is 0 Å². The summed E-state index contributed by atoms with van der Waals surface area (Å²) in [5.41, 5.74) is 6.86. The molecule has 0 spiro atoms. The molecule has 1 amide bonds. The number of hydrogen-bond acceptors (Lipinski definition) is 2. The summed E-state index contributed by atoms with van der Waals surface area (Å²) in [6, 6.07) is 15.7. The second-order valence-corrected chi connectivity index (χ2v) is 7.75. The first-order chi connectivity index (χ1) is 12.7. The SMILES string of the molecule is O=C(CCCc1ccc2c(c1)-c1ccccc1C2)NC1CCC(O)CC1. The number of benzene rings is 2. The Kier molecular flexibility index (Phi) is 5.07. The number of aryl methyl sites for hydroxylation is 1. The van der Waals surface area contributed by atoms with Gasteiger partial charge in [0, 0.05) is 12.5 Å². The molecular formula is C23H27NO2. The molecule has 0 heterocycles. The zero-order chi connectivity index (χ0) is 17.9. The lowest BCUT2D eigenvalue weighted by Crippen LogP contribution is -2.38. The summed E-state index contributed by atoms with van der Waals surface area (Å²) in [7, 11) is 0. The highest BCUT2D eigenvalue weighted by Crippen LogP contribution is 2.37. The van der Waals surface area contributed by atoms with E-state index in [1.54, 1.807) is 0 Å². The topological polar surface area (TPSA) is 49.3 Å². The monoisotopic (exact) mass is 349 g/mol. The smallest absolute Gasteiger partial charge is 0.220 e. The number of nitrogens with one attached hydrogen (secondary N) is 1. The molecule has 2 aliphatic rings. The van der Waals surface area contributed by atoms with E-state index in [-0.39, 0.29) is 18.1 Å². The third kappa shape index (κ3) is 3.83. The van der Waals surface area contributed by atoms with Gasteiger partial charge in [0.25, 0.3) is 0 Å². The Labute approximate surface area is 155 Å². The molecule has 3 heteroatoms. The lowest BCUT2D eigenvalue weighted by molar-refractivity contribution is -0.122. The fraction of sp³-hybridized carbons (Fsp3) is 0.435. The second kappa shape index (κ2) is 7.63. The van der Waals surface area contributed by atoms with Crippen LogP contribution in [0.1, 0.15) is 55.2 Å². The van der Waals surface area contributed by atoms with Gasteiger partial charge < -0.3 is 10.4 Å². The van der Waals surface area contributed by atoms with E-state index in [1.165, 1.54) is 27.8 Å². The Morgan fingerprint density at radius 3 is 2.62 bits per heavy atom. The first kappa shape index (κ1) is 17.3. The molecule has 2 N–H and O–H groups in total. The Morgan fingerprint density at radius 1 is 1.00 bits per heavy atom. The largest absolute Gasteiger partial charge is 0.393 e. The van der Waals surface area contributed by atoms with Crippen molar-refractivity contribution in [1.29, 1.82) is 0 Å². The Morgan fingerprint density at radius 2 is 1.77 bits per heavy atom. The van der Waals surface area contributed by atoms with Gasteiger partial charge in [-0.25, -0.2) is 0 Å². The molecule has 3 nitrogen and oxygen atoms in total. The lowest BCUT2D eigenvalue weighted by atomic mass is 9.93. The van der Waals surface area contributed by atoms with Crippen LogP contribution in [-0.2, 0) is 17.6 Å². The van der Waals surface area contributed by atoms with Crippen LogP contribution < -0.4 is 5.32 Å². The minimum atomic E-state index is -0.173. The molecule has 2 aromatic carbocycles. The molecule has 1 saturated carbocycles. The van der Waals surface area contributed by atoms with Crippen molar-refractivity contribution >= 4 is 5.91 Å². The van der Waals surface area contributed by atoms with Gasteiger partial charge in [-0.15, -0.1) is 0 Å². The van der Waals surface area contributed by atoms with Crippen molar-refractivity contribution in [3.05, 3.63) is 59.2 Å². The van der Waals surface area contributed by atoms with Crippen molar-refractivity contribution in [2.45, 2.75) is 63.5 Å². The highest BCUT2D eigenvalue weighted by Gasteiger charge is 2.21. The summed E-state index contributed by atoms with van der Waals surface area (Å²) < 4.78 is 0. The molecule has 0 aromatic heterocycles. The quantitative estimate of drug-likeness (QED) is 0.731. The van der Waals surface area contributed by atoms with Crippen LogP contribution >= 0.6 is 0 Å². The van der Waals surface area contributed by atoms with Gasteiger partial charge in [0.05, 0.1) is 6.10 Å². The Hall–Kier alpha value is -2.13. The molecule has 0 atom stereocenters. The molecule has 2 aromatic rings. The van der Waals surface area contributed by atoms with Crippen molar-refractivity contribution in [2.75, 3.05) is 0 Å². The highest BCUT2D eigenvalue weighted by molar-refractivity contribution is 5.77. The van der Waals surface area contributed by atoms with Crippen LogP contribution in [0.3, 0.4) is 0 Å². The van der Waals surface area contributed by atoms with Crippen LogP contribution in [0, 0.1) is 0 Å². The van der Waals surface area contributed by atoms with Crippen LogP contribution in [-0.4, -0.2) is 23.2 Å². The van der Waals surface area contributed by atoms with Gasteiger partial charge in [-0.3, -0.25) is 4.79 Å². The zero-order valence-corrected chi connectivity index (χ0v) is 15.2. The minimum absolute atomic E-state index is 0.151. The minimum Gasteiger partial charge on any atom is -0.393 e. The van der Waals surface area contributed by atoms with Crippen LogP contribution in [0.2, 0.25) is 0 Å². The normalized spacial score (nSPS) is 21.1. The van der Waals surface area contributed by atoms with Crippen LogP contribution in [0.5, 0.6) is 0 Å². The summed E-state index contributed by atoms with van der Waals surface area (Å²) >= 11 is 0. The maximum atomic E-state index is 12.2. The fourth-order valence-corrected chi connectivity index (χ4v) is 4.30. The van der Waals surface area contributed by atoms with E-state index in [0.29, 0.717) is 6.42 Å². The summed E-state index contributed by atoms with van der Waals surface area (Å²) in [4.78, 5) is 12.2. The molecule has 0 bridgehead atoms. The van der Waals surface area contributed by atoms with Gasteiger partial charge in [0.1, 0.15) is 0 Å². The van der Waals surface area contributed by atoms with Gasteiger partial charge in [0.2, 0.25) is 5.91 Å². The number of aliphatic hydroxyl groups excluding tert-OH is 1. The lowest BCUT2D eigenvalue weighted by Gasteiger charge is -2.26. The van der Waals surface area contributed by atoms with Crippen molar-refractivity contribution < 1.29 is 9.90 Å². The maximum Gasteiger partial charge on any atom is 0.220 e. The summed E-state index contributed by atoms with van der Waals surface area (Å²) in [5.74, 6) is 0.151. The molecule has 1 fully saturated rings. The number of carbonyl (C=O) groups excluding carboxylic acids is 1. The average molecular weight is 349 g/mol. The van der Waals surface area contributed by atoms with Crippen LogP contribution in [0.15, 0.2) is 42.5 Å². The molecule has 0 radical (unpaired) electrons. The maximum absolute atomic E-state index is 12.2. The standard InChI is InChI=1S/C23H27NO2/c25-20-12-10-19(11-13-20)24-23(26)7-3-4-16-8-9-18-15-17-5-1-2-6-21(17)22(18)14-16/h1-2,5-6,8-9,14,19-20,25H,3-4,7,10-13,15H2,(H,24,26). The number of hydrogen-bond donors (Lipinski definition) is 2. The molecule has 136 valence electrons. The van der Waals surface area contributed by atoms with Gasteiger partial charge in [0.15, 0.2) is 0 Å². The Bertz CT molecular complexity index is 791. The van der Waals surface area contributed by atoms with E-state index >= 15 is 0 Å². The number of carbonyl (C=O) groups is 1. The molecule has 0 unspecified atom stereocenters. The number of fused-ring (bicyclic) bond motifs is 3. The van der Waals surface area contributed by atoms with Crippen molar-refractivity contribution in [3.8, 4) is 11.1 Å². The van der Waals surface area contributed by atoms with E-state index in [4.69, 9.17) is 0 Å². The molecule has 26 heavy (non-hydrogen) atoms. The Balaban J connectivity index is 1.29. The van der Waals surface area contributed by atoms with Gasteiger partial charge >= 0.3 is 0 Å². The summed E-state index contributed by atoms with van der Waals surface area (Å²) in [5, 5.41) is 12.7. The predicted octanol–water partition coefficient (Wildman–Crippen LogP) is 4.00. The molecule has 2 aliphatic carbocycles. The molecule has 0 saturated heterocycles. The first-order valence-electron chi connectivity index (χ1n) is 9.86. The van der Waals surface area contributed by atoms with Crippen molar-refractivity contribution in [3.63, 3.8) is 0 Å². The van der Waals surface area contributed by atoms with Gasteiger partial charge in [-0.05, 0) is 72.8 Å². The van der Waals surface area contributed by atoms with Crippen LogP contribution in [0.4, 0.5) is 0 Å². The fourth-order valence-electron chi connectivity index (χ4n) is 4.30. The predicted molar refractivity (Wildman–Crippen MR) is 104 cm³/mol. The van der Waals surface area contributed by atoms with Crippen molar-refractivity contribution in [2.24, 2.45) is 0 Å². The van der Waals surface area contributed by atoms with E-state index in [2.05, 4.69) is 47.8 Å². The van der Waals surface area contributed by atoms with Gasteiger partial charge in [-0.2, -0.15) is 0 Å². The van der Waals surface area contributed by atoms with E-state index < -0.39 is 0 Å². The third-order valence-electron chi connectivity index (χ3n) is 5.79.